The van der Waals surface area contributed by atoms with Crippen LogP contribution in [-0.4, -0.2) is 6.54 Å². The van der Waals surface area contributed by atoms with Crippen molar-refractivity contribution >= 4 is 0 Å². The molecule has 1 rings (SSSR count). The fourth-order valence-corrected chi connectivity index (χ4v) is 1.32. The molecule has 1 aromatic carbocycles. The van der Waals surface area contributed by atoms with E-state index in [1.807, 2.05) is 0 Å². The molecule has 0 heterocycles. The van der Waals surface area contributed by atoms with E-state index in [9.17, 15) is 8.78 Å². The molecule has 0 fully saturated rings. The van der Waals surface area contributed by atoms with E-state index in [0.717, 1.165) is 0 Å². The minimum absolute atomic E-state index is 0.0977. The Morgan fingerprint density at radius 2 is 2.08 bits per heavy atom. The number of hydrogen-bond acceptors (Lipinski definition) is 1. The number of aryl methyl sites for hydroxylation is 1. The van der Waals surface area contributed by atoms with E-state index < -0.39 is 5.67 Å². The largest absolute Gasteiger partial charge is 0.327 e. The summed E-state index contributed by atoms with van der Waals surface area (Å²) in [6, 6.07) is 4.00. The smallest absolute Gasteiger partial charge is 0.145 e. The molecule has 0 saturated heterocycles. The average Bonchev–Trinajstić information content (AvgIpc) is 2.03. The molecule has 0 spiro atoms. The van der Waals surface area contributed by atoms with Gasteiger partial charge in [-0.1, -0.05) is 6.07 Å². The fourth-order valence-electron chi connectivity index (χ4n) is 1.32. The molecule has 0 saturated carbocycles. The van der Waals surface area contributed by atoms with Crippen molar-refractivity contribution in [1.29, 1.82) is 0 Å². The van der Waals surface area contributed by atoms with E-state index in [2.05, 4.69) is 0 Å². The Balaban J connectivity index is 3.16. The summed E-state index contributed by atoms with van der Waals surface area (Å²) >= 11 is 0. The molecule has 0 aliphatic heterocycles. The van der Waals surface area contributed by atoms with E-state index in [4.69, 9.17) is 5.73 Å². The normalized spacial score (nSPS) is 15.5. The SMILES string of the molecule is Cc1cc(F)ccc1C(C)(F)CN. The van der Waals surface area contributed by atoms with Crippen LogP contribution in [0.2, 0.25) is 0 Å². The van der Waals surface area contributed by atoms with Crippen LogP contribution < -0.4 is 5.73 Å². The van der Waals surface area contributed by atoms with Gasteiger partial charge in [0.05, 0.1) is 0 Å². The van der Waals surface area contributed by atoms with Crippen LogP contribution in [0.3, 0.4) is 0 Å². The fraction of sp³-hybridized carbons (Fsp3) is 0.400. The maximum absolute atomic E-state index is 13.7. The highest BCUT2D eigenvalue weighted by Crippen LogP contribution is 2.27. The summed E-state index contributed by atoms with van der Waals surface area (Å²) in [5.41, 5.74) is 4.75. The standard InChI is InChI=1S/C10H13F2N/c1-7-5-8(11)3-4-9(7)10(2,12)6-13/h3-5H,6,13H2,1-2H3. The van der Waals surface area contributed by atoms with E-state index in [0.29, 0.717) is 11.1 Å². The highest BCUT2D eigenvalue weighted by molar-refractivity contribution is 5.31. The summed E-state index contributed by atoms with van der Waals surface area (Å²) in [6.45, 7) is 2.97. The summed E-state index contributed by atoms with van der Waals surface area (Å²) in [5.74, 6) is -0.353. The molecule has 1 unspecified atom stereocenters. The number of hydrogen-bond donors (Lipinski definition) is 1. The van der Waals surface area contributed by atoms with Gasteiger partial charge in [-0.15, -0.1) is 0 Å². The van der Waals surface area contributed by atoms with Crippen molar-refractivity contribution in [3.63, 3.8) is 0 Å². The van der Waals surface area contributed by atoms with Crippen molar-refractivity contribution in [2.75, 3.05) is 6.54 Å². The lowest BCUT2D eigenvalue weighted by Gasteiger charge is -2.20. The molecular weight excluding hydrogens is 172 g/mol. The molecule has 0 radical (unpaired) electrons. The van der Waals surface area contributed by atoms with Crippen LogP contribution in [-0.2, 0) is 5.67 Å². The zero-order valence-corrected chi connectivity index (χ0v) is 7.77. The van der Waals surface area contributed by atoms with Crippen LogP contribution in [0.4, 0.5) is 8.78 Å². The number of halogens is 2. The van der Waals surface area contributed by atoms with Crippen molar-refractivity contribution < 1.29 is 8.78 Å². The van der Waals surface area contributed by atoms with Crippen LogP contribution in [0.1, 0.15) is 18.1 Å². The Morgan fingerprint density at radius 3 is 2.54 bits per heavy atom. The van der Waals surface area contributed by atoms with Gasteiger partial charge >= 0.3 is 0 Å². The first-order chi connectivity index (χ1) is 5.97. The van der Waals surface area contributed by atoms with Gasteiger partial charge in [-0.3, -0.25) is 0 Å². The second-order valence-electron chi connectivity index (χ2n) is 3.36. The second-order valence-corrected chi connectivity index (χ2v) is 3.36. The van der Waals surface area contributed by atoms with E-state index >= 15 is 0 Å². The maximum atomic E-state index is 13.7. The van der Waals surface area contributed by atoms with E-state index in [1.165, 1.54) is 25.1 Å². The Kier molecular flexibility index (Phi) is 2.66. The van der Waals surface area contributed by atoms with Gasteiger partial charge in [0.1, 0.15) is 11.5 Å². The predicted molar refractivity (Wildman–Crippen MR) is 48.7 cm³/mol. The van der Waals surface area contributed by atoms with Crippen molar-refractivity contribution in [3.8, 4) is 0 Å². The van der Waals surface area contributed by atoms with Gasteiger partial charge in [0.2, 0.25) is 0 Å². The lowest BCUT2D eigenvalue weighted by molar-refractivity contribution is 0.202. The van der Waals surface area contributed by atoms with Gasteiger partial charge in [-0.05, 0) is 37.1 Å². The Labute approximate surface area is 76.6 Å². The summed E-state index contributed by atoms with van der Waals surface area (Å²) in [4.78, 5) is 0. The average molecular weight is 185 g/mol. The Hall–Kier alpha value is -0.960. The van der Waals surface area contributed by atoms with Gasteiger partial charge in [-0.2, -0.15) is 0 Å². The molecule has 1 nitrogen and oxygen atoms in total. The van der Waals surface area contributed by atoms with Crippen molar-refractivity contribution in [2.45, 2.75) is 19.5 Å². The first kappa shape index (κ1) is 10.1. The van der Waals surface area contributed by atoms with Crippen LogP contribution in [0.25, 0.3) is 0 Å². The van der Waals surface area contributed by atoms with E-state index in [1.54, 1.807) is 6.92 Å². The molecule has 3 heteroatoms. The number of nitrogens with two attached hydrogens (primary N) is 1. The summed E-state index contributed by atoms with van der Waals surface area (Å²) in [7, 11) is 0. The van der Waals surface area contributed by atoms with Crippen LogP contribution in [0.5, 0.6) is 0 Å². The molecule has 0 aromatic heterocycles. The minimum Gasteiger partial charge on any atom is -0.327 e. The summed E-state index contributed by atoms with van der Waals surface area (Å²) in [6.07, 6.45) is 0. The molecule has 0 aliphatic rings. The molecule has 0 aliphatic carbocycles. The third-order valence-electron chi connectivity index (χ3n) is 2.13. The molecule has 1 atom stereocenters. The molecule has 2 N–H and O–H groups in total. The zero-order chi connectivity index (χ0) is 10.1. The van der Waals surface area contributed by atoms with Crippen LogP contribution >= 0.6 is 0 Å². The third-order valence-corrected chi connectivity index (χ3v) is 2.13. The van der Waals surface area contributed by atoms with Gasteiger partial charge in [0.25, 0.3) is 0 Å². The summed E-state index contributed by atoms with van der Waals surface area (Å²) < 4.78 is 26.4. The molecule has 1 aromatic rings. The van der Waals surface area contributed by atoms with Crippen LogP contribution in [0, 0.1) is 12.7 Å². The highest BCUT2D eigenvalue weighted by Gasteiger charge is 2.25. The zero-order valence-electron chi connectivity index (χ0n) is 7.77. The lowest BCUT2D eigenvalue weighted by Crippen LogP contribution is -2.27. The number of rotatable bonds is 2. The maximum Gasteiger partial charge on any atom is 0.145 e. The molecule has 0 amide bonds. The van der Waals surface area contributed by atoms with Gasteiger partial charge < -0.3 is 5.73 Å². The quantitative estimate of drug-likeness (QED) is 0.751. The van der Waals surface area contributed by atoms with Crippen LogP contribution in [0.15, 0.2) is 18.2 Å². The topological polar surface area (TPSA) is 26.0 Å². The monoisotopic (exact) mass is 185 g/mol. The molecule has 13 heavy (non-hydrogen) atoms. The third kappa shape index (κ3) is 2.04. The second kappa shape index (κ2) is 3.42. The van der Waals surface area contributed by atoms with Gasteiger partial charge in [-0.25, -0.2) is 8.78 Å². The number of alkyl halides is 1. The number of benzene rings is 1. The first-order valence-corrected chi connectivity index (χ1v) is 4.13. The highest BCUT2D eigenvalue weighted by atomic mass is 19.1. The molecule has 0 bridgehead atoms. The minimum atomic E-state index is -1.57. The van der Waals surface area contributed by atoms with E-state index in [-0.39, 0.29) is 12.4 Å². The molecule has 72 valence electrons. The summed E-state index contributed by atoms with van der Waals surface area (Å²) in [5, 5.41) is 0. The van der Waals surface area contributed by atoms with Gasteiger partial charge in [0, 0.05) is 6.54 Å². The first-order valence-electron chi connectivity index (χ1n) is 4.13. The lowest BCUT2D eigenvalue weighted by atomic mass is 9.94. The Morgan fingerprint density at radius 1 is 1.46 bits per heavy atom. The van der Waals surface area contributed by atoms with Crippen molar-refractivity contribution in [2.24, 2.45) is 5.73 Å². The van der Waals surface area contributed by atoms with Crippen molar-refractivity contribution in [3.05, 3.63) is 35.1 Å². The predicted octanol–water partition coefficient (Wildman–Crippen LogP) is 2.28. The van der Waals surface area contributed by atoms with Gasteiger partial charge in [0.15, 0.2) is 0 Å². The molecular formula is C10H13F2N. The van der Waals surface area contributed by atoms with Crippen molar-refractivity contribution in [1.82, 2.24) is 0 Å². The Bertz CT molecular complexity index is 308.